The number of carbonyl (C=O) groups excluding carboxylic acids is 2. The summed E-state index contributed by atoms with van der Waals surface area (Å²) < 4.78 is 37.5. The Morgan fingerprint density at radius 2 is 1.67 bits per heavy atom. The van der Waals surface area contributed by atoms with Gasteiger partial charge < -0.3 is 4.90 Å². The Bertz CT molecular complexity index is 851. The first kappa shape index (κ1) is 21.6. The number of alkyl halides is 3. The highest BCUT2D eigenvalue weighted by atomic mass is 19.4. The van der Waals surface area contributed by atoms with E-state index in [0.29, 0.717) is 12.6 Å². The van der Waals surface area contributed by atoms with Gasteiger partial charge in [-0.1, -0.05) is 18.2 Å². The fourth-order valence-electron chi connectivity index (χ4n) is 3.09. The average Bonchev–Trinajstić information content (AvgIpc) is 2.76. The van der Waals surface area contributed by atoms with Gasteiger partial charge in [0, 0.05) is 51.0 Å². The topological polar surface area (TPSA) is 77.6 Å². The van der Waals surface area contributed by atoms with Gasteiger partial charge in [-0.3, -0.25) is 30.3 Å². The number of nitrogens with one attached hydrogen (secondary N) is 2. The maximum atomic E-state index is 12.5. The number of carbonyl (C=O) groups is 2. The first-order chi connectivity index (χ1) is 14.3. The molecule has 0 aliphatic carbocycles. The van der Waals surface area contributed by atoms with Gasteiger partial charge >= 0.3 is 6.18 Å². The first-order valence-corrected chi connectivity index (χ1v) is 9.48. The van der Waals surface area contributed by atoms with Crippen LogP contribution in [-0.4, -0.2) is 54.4 Å². The number of hydrazine groups is 1. The van der Waals surface area contributed by atoms with Crippen molar-refractivity contribution in [3.63, 3.8) is 0 Å². The van der Waals surface area contributed by atoms with E-state index in [9.17, 15) is 22.8 Å². The normalized spacial score (nSPS) is 15.0. The summed E-state index contributed by atoms with van der Waals surface area (Å²) in [6, 6.07) is 11.8. The lowest BCUT2D eigenvalue weighted by Crippen LogP contribution is -2.48. The van der Waals surface area contributed by atoms with Crippen LogP contribution in [0.5, 0.6) is 0 Å². The van der Waals surface area contributed by atoms with Crippen molar-refractivity contribution in [3.05, 3.63) is 59.9 Å². The van der Waals surface area contributed by atoms with Crippen LogP contribution in [0.4, 0.5) is 18.9 Å². The molecule has 30 heavy (non-hydrogen) atoms. The quantitative estimate of drug-likeness (QED) is 0.723. The molecule has 1 aromatic heterocycles. The van der Waals surface area contributed by atoms with Gasteiger partial charge in [0.05, 0.1) is 5.56 Å². The second kappa shape index (κ2) is 9.57. The third kappa shape index (κ3) is 5.93. The molecule has 1 aliphatic rings. The van der Waals surface area contributed by atoms with Gasteiger partial charge in [-0.05, 0) is 24.3 Å². The van der Waals surface area contributed by atoms with E-state index in [-0.39, 0.29) is 17.9 Å². The molecule has 0 radical (unpaired) electrons. The predicted molar refractivity (Wildman–Crippen MR) is 105 cm³/mol. The molecule has 1 saturated heterocycles. The summed E-state index contributed by atoms with van der Waals surface area (Å²) >= 11 is 0. The number of hydrogen-bond acceptors (Lipinski definition) is 5. The lowest BCUT2D eigenvalue weighted by Gasteiger charge is -2.36. The molecular formula is C20H22F3N5O2. The molecule has 160 valence electrons. The van der Waals surface area contributed by atoms with Crippen molar-refractivity contribution in [1.29, 1.82) is 0 Å². The van der Waals surface area contributed by atoms with Crippen LogP contribution in [0.3, 0.4) is 0 Å². The summed E-state index contributed by atoms with van der Waals surface area (Å²) in [5.41, 5.74) is 4.47. The molecule has 10 heteroatoms. The zero-order valence-corrected chi connectivity index (χ0v) is 16.2. The molecule has 3 rings (SSSR count). The predicted octanol–water partition coefficient (Wildman–Crippen LogP) is 2.07. The summed E-state index contributed by atoms with van der Waals surface area (Å²) in [5.74, 6) is -1.12. The molecule has 7 nitrogen and oxygen atoms in total. The molecule has 0 bridgehead atoms. The second-order valence-electron chi connectivity index (χ2n) is 6.85. The molecular weight excluding hydrogens is 399 g/mol. The van der Waals surface area contributed by atoms with E-state index in [1.807, 2.05) is 18.2 Å². The highest BCUT2D eigenvalue weighted by molar-refractivity contribution is 5.95. The van der Waals surface area contributed by atoms with Gasteiger partial charge in [0.1, 0.15) is 5.69 Å². The summed E-state index contributed by atoms with van der Waals surface area (Å²) in [6.45, 7) is 3.93. The van der Waals surface area contributed by atoms with Crippen molar-refractivity contribution < 1.29 is 22.8 Å². The number of pyridine rings is 1. The average molecular weight is 421 g/mol. The second-order valence-corrected chi connectivity index (χ2v) is 6.85. The number of benzene rings is 1. The fraction of sp³-hybridized carbons (Fsp3) is 0.350. The van der Waals surface area contributed by atoms with E-state index in [4.69, 9.17) is 0 Å². The van der Waals surface area contributed by atoms with Crippen LogP contribution in [0.2, 0.25) is 0 Å². The summed E-state index contributed by atoms with van der Waals surface area (Å²) in [4.78, 5) is 31.6. The van der Waals surface area contributed by atoms with Gasteiger partial charge in [0.15, 0.2) is 0 Å². The molecule has 2 N–H and O–H groups in total. The summed E-state index contributed by atoms with van der Waals surface area (Å²) in [6.07, 6.45) is -3.57. The number of aromatic nitrogens is 1. The number of para-hydroxylation sites is 1. The molecule has 1 aromatic carbocycles. The van der Waals surface area contributed by atoms with Gasteiger partial charge in [-0.2, -0.15) is 13.2 Å². The van der Waals surface area contributed by atoms with Crippen LogP contribution >= 0.6 is 0 Å². The number of amides is 2. The molecule has 0 saturated carbocycles. The Morgan fingerprint density at radius 1 is 0.967 bits per heavy atom. The van der Waals surface area contributed by atoms with Crippen molar-refractivity contribution >= 4 is 17.5 Å². The third-order valence-electron chi connectivity index (χ3n) is 4.78. The number of halogens is 3. The van der Waals surface area contributed by atoms with Crippen LogP contribution in [-0.2, 0) is 11.0 Å². The molecule has 1 fully saturated rings. The number of piperazine rings is 1. The van der Waals surface area contributed by atoms with Crippen molar-refractivity contribution in [2.45, 2.75) is 12.6 Å². The van der Waals surface area contributed by atoms with Gasteiger partial charge in [0.2, 0.25) is 5.91 Å². The minimum Gasteiger partial charge on any atom is -0.369 e. The molecule has 0 unspecified atom stereocenters. The fourth-order valence-corrected chi connectivity index (χ4v) is 3.09. The third-order valence-corrected chi connectivity index (χ3v) is 4.78. The molecule has 2 amide bonds. The summed E-state index contributed by atoms with van der Waals surface area (Å²) in [7, 11) is 0. The lowest BCUT2D eigenvalue weighted by molar-refractivity contribution is -0.141. The molecule has 2 aromatic rings. The zero-order valence-electron chi connectivity index (χ0n) is 16.2. The standard InChI is InChI=1S/C20H22F3N5O2/c21-20(22,23)17-7-6-15(14-24-17)19(30)26-25-18(29)8-9-27-10-12-28(13-11-27)16-4-2-1-3-5-16/h1-7,14H,8-13H2,(H,25,29)(H,26,30). The van der Waals surface area contributed by atoms with Crippen molar-refractivity contribution in [1.82, 2.24) is 20.7 Å². The molecule has 2 heterocycles. The van der Waals surface area contributed by atoms with Crippen molar-refractivity contribution in [2.75, 3.05) is 37.6 Å². The number of rotatable bonds is 5. The molecule has 0 spiro atoms. The maximum absolute atomic E-state index is 12.5. The van der Waals surface area contributed by atoms with E-state index >= 15 is 0 Å². The van der Waals surface area contributed by atoms with E-state index < -0.39 is 17.8 Å². The minimum atomic E-state index is -4.57. The van der Waals surface area contributed by atoms with Crippen LogP contribution in [0.15, 0.2) is 48.7 Å². The zero-order chi connectivity index (χ0) is 21.6. The highest BCUT2D eigenvalue weighted by Crippen LogP contribution is 2.27. The Morgan fingerprint density at radius 3 is 2.27 bits per heavy atom. The Balaban J connectivity index is 1.36. The Hall–Kier alpha value is -3.14. The SMILES string of the molecule is O=C(CCN1CCN(c2ccccc2)CC1)NNC(=O)c1ccc(C(F)(F)F)nc1. The van der Waals surface area contributed by atoms with E-state index in [2.05, 4.69) is 37.8 Å². The lowest BCUT2D eigenvalue weighted by atomic mass is 10.2. The molecule has 1 aliphatic heterocycles. The Kier molecular flexibility index (Phi) is 6.88. The molecule has 0 atom stereocenters. The monoisotopic (exact) mass is 421 g/mol. The van der Waals surface area contributed by atoms with Crippen LogP contribution in [0.1, 0.15) is 22.5 Å². The maximum Gasteiger partial charge on any atom is 0.433 e. The van der Waals surface area contributed by atoms with Gasteiger partial charge in [-0.25, -0.2) is 0 Å². The van der Waals surface area contributed by atoms with Gasteiger partial charge in [-0.15, -0.1) is 0 Å². The van der Waals surface area contributed by atoms with E-state index in [0.717, 1.165) is 38.4 Å². The largest absolute Gasteiger partial charge is 0.433 e. The van der Waals surface area contributed by atoms with Crippen LogP contribution < -0.4 is 15.8 Å². The number of anilines is 1. The summed E-state index contributed by atoms with van der Waals surface area (Å²) in [5, 5.41) is 0. The van der Waals surface area contributed by atoms with Crippen LogP contribution in [0, 0.1) is 0 Å². The van der Waals surface area contributed by atoms with Crippen LogP contribution in [0.25, 0.3) is 0 Å². The number of nitrogens with zero attached hydrogens (tertiary/aromatic N) is 3. The van der Waals surface area contributed by atoms with E-state index in [1.54, 1.807) is 0 Å². The van der Waals surface area contributed by atoms with E-state index in [1.165, 1.54) is 5.69 Å². The minimum absolute atomic E-state index is 0.0830. The Labute approximate surface area is 171 Å². The smallest absolute Gasteiger partial charge is 0.369 e. The van der Waals surface area contributed by atoms with Crippen molar-refractivity contribution in [3.8, 4) is 0 Å². The van der Waals surface area contributed by atoms with Crippen molar-refractivity contribution in [2.24, 2.45) is 0 Å². The first-order valence-electron chi connectivity index (χ1n) is 9.48. The van der Waals surface area contributed by atoms with Gasteiger partial charge in [0.25, 0.3) is 5.91 Å². The number of hydrogen-bond donors (Lipinski definition) is 2. The highest BCUT2D eigenvalue weighted by Gasteiger charge is 2.32.